The molecule has 1 aliphatic rings. The van der Waals surface area contributed by atoms with Crippen LogP contribution in [0.4, 0.5) is 18.3 Å². The second-order valence-electron chi connectivity index (χ2n) is 6.03. The Balaban J connectivity index is 1.53. The van der Waals surface area contributed by atoms with Gasteiger partial charge in [0.25, 0.3) is 5.91 Å². The summed E-state index contributed by atoms with van der Waals surface area (Å²) < 4.78 is 38.4. The largest absolute Gasteiger partial charge is 0.416 e. The molecule has 27 heavy (non-hydrogen) atoms. The van der Waals surface area contributed by atoms with Crippen molar-refractivity contribution in [1.82, 2.24) is 14.8 Å². The van der Waals surface area contributed by atoms with Gasteiger partial charge in [-0.1, -0.05) is 6.07 Å². The monoisotopic (exact) mass is 398 g/mol. The quantitative estimate of drug-likeness (QED) is 0.860. The van der Waals surface area contributed by atoms with Crippen molar-refractivity contribution in [2.45, 2.75) is 6.18 Å². The van der Waals surface area contributed by atoms with Crippen LogP contribution < -0.4 is 5.32 Å². The molecule has 10 heteroatoms. The highest BCUT2D eigenvalue weighted by atomic mass is 32.1. The van der Waals surface area contributed by atoms with Crippen LogP contribution >= 0.6 is 11.3 Å². The van der Waals surface area contributed by atoms with Crippen LogP contribution in [0.2, 0.25) is 0 Å². The van der Waals surface area contributed by atoms with Crippen LogP contribution in [0.5, 0.6) is 0 Å². The van der Waals surface area contributed by atoms with E-state index in [2.05, 4.69) is 10.3 Å². The molecule has 2 heterocycles. The summed E-state index contributed by atoms with van der Waals surface area (Å²) >= 11 is 1.32. The van der Waals surface area contributed by atoms with Gasteiger partial charge in [0.05, 0.1) is 12.1 Å². The molecule has 0 saturated carbocycles. The van der Waals surface area contributed by atoms with Crippen molar-refractivity contribution in [2.24, 2.45) is 0 Å². The van der Waals surface area contributed by atoms with Crippen LogP contribution in [-0.4, -0.2) is 59.3 Å². The molecule has 1 fully saturated rings. The Morgan fingerprint density at radius 3 is 2.56 bits per heavy atom. The molecule has 1 aliphatic heterocycles. The minimum atomic E-state index is -4.49. The van der Waals surface area contributed by atoms with Crippen molar-refractivity contribution in [2.75, 3.05) is 38.0 Å². The Morgan fingerprint density at radius 2 is 1.93 bits per heavy atom. The summed E-state index contributed by atoms with van der Waals surface area (Å²) in [6.45, 7) is 1.80. The van der Waals surface area contributed by atoms with Gasteiger partial charge >= 0.3 is 6.18 Å². The summed E-state index contributed by atoms with van der Waals surface area (Å²) in [4.78, 5) is 31.8. The highest BCUT2D eigenvalue weighted by Crippen LogP contribution is 2.29. The molecular weight excluding hydrogens is 381 g/mol. The Bertz CT molecular complexity index is 803. The predicted octanol–water partition coefficient (Wildman–Crippen LogP) is 2.56. The second kappa shape index (κ2) is 8.05. The molecule has 3 rings (SSSR count). The van der Waals surface area contributed by atoms with Crippen LogP contribution in [0.1, 0.15) is 15.9 Å². The summed E-state index contributed by atoms with van der Waals surface area (Å²) in [6, 6.07) is 4.42. The molecular formula is C17H17F3N4O2S. The van der Waals surface area contributed by atoms with Gasteiger partial charge in [0.2, 0.25) is 5.91 Å². The first-order valence-electron chi connectivity index (χ1n) is 8.21. The number of piperazine rings is 1. The molecule has 1 N–H and O–H groups in total. The number of benzene rings is 1. The highest BCUT2D eigenvalue weighted by molar-refractivity contribution is 7.13. The minimum absolute atomic E-state index is 0.0137. The normalized spacial score (nSPS) is 15.6. The number of nitrogens with one attached hydrogen (secondary N) is 1. The average Bonchev–Trinajstić information content (AvgIpc) is 3.14. The topological polar surface area (TPSA) is 65.5 Å². The zero-order chi connectivity index (χ0) is 19.4. The van der Waals surface area contributed by atoms with Crippen molar-refractivity contribution in [1.29, 1.82) is 0 Å². The highest BCUT2D eigenvalue weighted by Gasteiger charge is 2.31. The lowest BCUT2D eigenvalue weighted by atomic mass is 10.1. The van der Waals surface area contributed by atoms with Crippen LogP contribution in [0.25, 0.3) is 0 Å². The van der Waals surface area contributed by atoms with Crippen LogP contribution in [0.15, 0.2) is 35.8 Å². The number of alkyl halides is 3. The molecule has 0 aliphatic carbocycles. The maximum atomic E-state index is 12.8. The van der Waals surface area contributed by atoms with Gasteiger partial charge in [0.1, 0.15) is 0 Å². The molecule has 1 aromatic heterocycles. The van der Waals surface area contributed by atoms with E-state index in [4.69, 9.17) is 0 Å². The molecule has 1 saturated heterocycles. The van der Waals surface area contributed by atoms with Crippen LogP contribution in [-0.2, 0) is 11.0 Å². The van der Waals surface area contributed by atoms with Crippen LogP contribution in [0, 0.1) is 0 Å². The van der Waals surface area contributed by atoms with E-state index in [9.17, 15) is 22.8 Å². The third kappa shape index (κ3) is 5.04. The molecule has 144 valence electrons. The van der Waals surface area contributed by atoms with Gasteiger partial charge in [-0.3, -0.25) is 14.5 Å². The maximum Gasteiger partial charge on any atom is 0.416 e. The number of carbonyl (C=O) groups excluding carboxylic acids is 2. The van der Waals surface area contributed by atoms with Crippen molar-refractivity contribution in [3.05, 3.63) is 47.0 Å². The summed E-state index contributed by atoms with van der Waals surface area (Å²) in [5.41, 5.74) is -0.828. The first-order valence-corrected chi connectivity index (χ1v) is 9.09. The average molecular weight is 398 g/mol. The van der Waals surface area contributed by atoms with E-state index in [-0.39, 0.29) is 18.0 Å². The number of amides is 2. The van der Waals surface area contributed by atoms with E-state index in [0.29, 0.717) is 31.3 Å². The third-order valence-corrected chi connectivity index (χ3v) is 4.83. The van der Waals surface area contributed by atoms with Gasteiger partial charge in [-0.2, -0.15) is 13.2 Å². The summed E-state index contributed by atoms with van der Waals surface area (Å²) in [7, 11) is 0. The Labute approximate surface area is 157 Å². The number of aromatic nitrogens is 1. The Morgan fingerprint density at radius 1 is 1.19 bits per heavy atom. The molecule has 0 spiro atoms. The molecule has 1 aromatic carbocycles. The molecule has 0 unspecified atom stereocenters. The van der Waals surface area contributed by atoms with Crippen molar-refractivity contribution < 1.29 is 22.8 Å². The summed E-state index contributed by atoms with van der Waals surface area (Å²) in [5, 5.41) is 4.97. The summed E-state index contributed by atoms with van der Waals surface area (Å²) in [5.74, 6) is -0.629. The second-order valence-corrected chi connectivity index (χ2v) is 6.93. The smallest absolute Gasteiger partial charge is 0.336 e. The fourth-order valence-corrected chi connectivity index (χ4v) is 3.31. The summed E-state index contributed by atoms with van der Waals surface area (Å²) in [6.07, 6.45) is -2.89. The van der Waals surface area contributed by atoms with Gasteiger partial charge in [0.15, 0.2) is 5.13 Å². The van der Waals surface area contributed by atoms with E-state index in [1.54, 1.807) is 11.6 Å². The maximum absolute atomic E-state index is 12.8. The molecule has 0 atom stereocenters. The molecule has 2 amide bonds. The van der Waals surface area contributed by atoms with E-state index in [1.807, 2.05) is 4.90 Å². The fraction of sp³-hybridized carbons (Fsp3) is 0.353. The van der Waals surface area contributed by atoms with E-state index in [1.165, 1.54) is 28.4 Å². The predicted molar refractivity (Wildman–Crippen MR) is 94.5 cm³/mol. The number of anilines is 1. The van der Waals surface area contributed by atoms with Crippen molar-refractivity contribution >= 4 is 28.3 Å². The van der Waals surface area contributed by atoms with Crippen LogP contribution in [0.3, 0.4) is 0 Å². The van der Waals surface area contributed by atoms with Gasteiger partial charge in [-0.25, -0.2) is 4.98 Å². The van der Waals surface area contributed by atoms with Gasteiger partial charge in [0, 0.05) is 43.3 Å². The SMILES string of the molecule is O=C(CN1CCN(C(=O)c2cccc(C(F)(F)F)c2)CC1)Nc1nccs1. The number of hydrogen-bond donors (Lipinski definition) is 1. The Hall–Kier alpha value is -2.46. The van der Waals surface area contributed by atoms with Crippen molar-refractivity contribution in [3.63, 3.8) is 0 Å². The van der Waals surface area contributed by atoms with Gasteiger partial charge in [-0.05, 0) is 18.2 Å². The van der Waals surface area contributed by atoms with Gasteiger partial charge in [-0.15, -0.1) is 11.3 Å². The Kier molecular flexibility index (Phi) is 5.76. The first-order chi connectivity index (χ1) is 12.8. The van der Waals surface area contributed by atoms with E-state index >= 15 is 0 Å². The lowest BCUT2D eigenvalue weighted by Gasteiger charge is -2.34. The zero-order valence-electron chi connectivity index (χ0n) is 14.2. The molecule has 6 nitrogen and oxygen atoms in total. The lowest BCUT2D eigenvalue weighted by Crippen LogP contribution is -2.50. The minimum Gasteiger partial charge on any atom is -0.336 e. The molecule has 2 aromatic rings. The fourth-order valence-electron chi connectivity index (χ4n) is 2.77. The van der Waals surface area contributed by atoms with E-state index in [0.717, 1.165) is 12.1 Å². The molecule has 0 radical (unpaired) electrons. The lowest BCUT2D eigenvalue weighted by molar-refractivity contribution is -0.137. The zero-order valence-corrected chi connectivity index (χ0v) is 15.0. The number of thiazole rings is 1. The number of rotatable bonds is 4. The van der Waals surface area contributed by atoms with E-state index < -0.39 is 17.6 Å². The standard InChI is InChI=1S/C17H17F3N4O2S/c18-17(19,20)13-3-1-2-12(10-13)15(26)24-7-5-23(6-8-24)11-14(25)22-16-21-4-9-27-16/h1-4,9-10H,5-8,11H2,(H,21,22,25). The first kappa shape index (κ1) is 19.3. The third-order valence-electron chi connectivity index (χ3n) is 4.14. The number of halogens is 3. The van der Waals surface area contributed by atoms with Crippen molar-refractivity contribution in [3.8, 4) is 0 Å². The number of nitrogens with zero attached hydrogens (tertiary/aromatic N) is 3. The number of carbonyl (C=O) groups is 2. The van der Waals surface area contributed by atoms with Gasteiger partial charge < -0.3 is 10.2 Å². The number of hydrogen-bond acceptors (Lipinski definition) is 5. The molecule has 0 bridgehead atoms.